The Morgan fingerprint density at radius 1 is 1.32 bits per heavy atom. The number of carbonyl (C=O) groups is 1. The van der Waals surface area contributed by atoms with Crippen LogP contribution < -0.4 is 5.73 Å². The summed E-state index contributed by atoms with van der Waals surface area (Å²) in [4.78, 5) is 19.0. The number of phenols is 1. The number of rotatable bonds is 6. The van der Waals surface area contributed by atoms with Crippen LogP contribution in [0.1, 0.15) is 37.6 Å². The predicted molar refractivity (Wildman–Crippen MR) is 113 cm³/mol. The summed E-state index contributed by atoms with van der Waals surface area (Å²) >= 11 is 1.49. The Labute approximate surface area is 169 Å². The molecule has 28 heavy (non-hydrogen) atoms. The number of guanidine groups is 1. The van der Waals surface area contributed by atoms with E-state index in [0.29, 0.717) is 17.4 Å². The summed E-state index contributed by atoms with van der Waals surface area (Å²) in [7, 11) is 3.62. The fourth-order valence-corrected chi connectivity index (χ4v) is 3.88. The van der Waals surface area contributed by atoms with E-state index in [1.165, 1.54) is 23.5 Å². The van der Waals surface area contributed by atoms with Gasteiger partial charge in [0.1, 0.15) is 6.29 Å². The van der Waals surface area contributed by atoms with E-state index in [9.17, 15) is 14.3 Å². The fraction of sp³-hybridized carbons (Fsp3) is 0.429. The van der Waals surface area contributed by atoms with E-state index in [4.69, 9.17) is 5.73 Å². The van der Waals surface area contributed by atoms with Crippen molar-refractivity contribution in [3.63, 3.8) is 0 Å². The van der Waals surface area contributed by atoms with Crippen LogP contribution >= 0.6 is 11.3 Å². The molecular formula is C21H28FN3O2S. The highest BCUT2D eigenvalue weighted by molar-refractivity contribution is 7.10. The minimum absolute atomic E-state index is 0.207. The molecule has 1 aromatic carbocycles. The Kier molecular flexibility index (Phi) is 7.57. The van der Waals surface area contributed by atoms with Gasteiger partial charge in [0.25, 0.3) is 0 Å². The third-order valence-corrected chi connectivity index (χ3v) is 5.61. The van der Waals surface area contributed by atoms with E-state index in [1.54, 1.807) is 11.0 Å². The van der Waals surface area contributed by atoms with Gasteiger partial charge in [0.2, 0.25) is 0 Å². The molecule has 1 heterocycles. The maximum Gasteiger partial charge on any atom is 0.191 e. The Balaban J connectivity index is 0.00000136. The van der Waals surface area contributed by atoms with E-state index >= 15 is 0 Å². The van der Waals surface area contributed by atoms with Gasteiger partial charge in [0, 0.05) is 24.9 Å². The lowest BCUT2D eigenvalue weighted by Crippen LogP contribution is -2.32. The summed E-state index contributed by atoms with van der Waals surface area (Å²) in [5, 5.41) is 11.5. The van der Waals surface area contributed by atoms with Crippen molar-refractivity contribution in [3.05, 3.63) is 40.3 Å². The molecule has 0 amide bonds. The number of aliphatic imine (C=N–C) groups is 1. The number of hydrogen-bond acceptors (Lipinski definition) is 4. The summed E-state index contributed by atoms with van der Waals surface area (Å²) in [6.07, 6.45) is 3.04. The van der Waals surface area contributed by atoms with Crippen LogP contribution in [0.5, 0.6) is 5.75 Å². The maximum absolute atomic E-state index is 13.3. The average molecular weight is 406 g/mol. The van der Waals surface area contributed by atoms with E-state index in [0.717, 1.165) is 29.6 Å². The number of benzene rings is 1. The second-order valence-corrected chi connectivity index (χ2v) is 7.72. The van der Waals surface area contributed by atoms with E-state index in [-0.39, 0.29) is 17.7 Å². The highest BCUT2D eigenvalue weighted by Gasteiger charge is 2.38. The van der Waals surface area contributed by atoms with Crippen LogP contribution in [0.4, 0.5) is 4.39 Å². The zero-order chi connectivity index (χ0) is 20.8. The van der Waals surface area contributed by atoms with Crippen LogP contribution in [-0.2, 0) is 4.79 Å². The standard InChI is InChI=1S/C19H22FN3O2S.C2H6/c1-23(2)19(21)22-18(14(9-24)11-3-4-11)17-8-13(10-26-17)12-5-6-15(20)16(25)7-12;1-2/h5-11,14,18,25H,3-4H2,1-2H3,(H2,21,22);1-2H3. The van der Waals surface area contributed by atoms with Crippen LogP contribution in [0.3, 0.4) is 0 Å². The molecule has 3 rings (SSSR count). The molecule has 2 atom stereocenters. The summed E-state index contributed by atoms with van der Waals surface area (Å²) in [5.41, 5.74) is 7.58. The van der Waals surface area contributed by atoms with Crippen molar-refractivity contribution in [3.8, 4) is 16.9 Å². The van der Waals surface area contributed by atoms with Crippen LogP contribution in [-0.4, -0.2) is 36.3 Å². The molecule has 0 spiro atoms. The van der Waals surface area contributed by atoms with Crippen molar-refractivity contribution in [2.45, 2.75) is 32.7 Å². The topological polar surface area (TPSA) is 78.9 Å². The average Bonchev–Trinajstić information content (AvgIpc) is 3.40. The molecule has 1 aromatic heterocycles. The van der Waals surface area contributed by atoms with Gasteiger partial charge in [-0.2, -0.15) is 0 Å². The molecule has 0 aliphatic heterocycles. The molecule has 5 nitrogen and oxygen atoms in total. The lowest BCUT2D eigenvalue weighted by atomic mass is 9.94. The summed E-state index contributed by atoms with van der Waals surface area (Å²) < 4.78 is 13.3. The van der Waals surface area contributed by atoms with Gasteiger partial charge in [-0.15, -0.1) is 11.3 Å². The van der Waals surface area contributed by atoms with Crippen LogP contribution in [0.2, 0.25) is 0 Å². The second-order valence-electron chi connectivity index (χ2n) is 6.78. The van der Waals surface area contributed by atoms with Crippen LogP contribution in [0, 0.1) is 17.7 Å². The van der Waals surface area contributed by atoms with Gasteiger partial charge in [-0.05, 0) is 53.5 Å². The highest BCUT2D eigenvalue weighted by atomic mass is 32.1. The molecule has 7 heteroatoms. The summed E-state index contributed by atoms with van der Waals surface area (Å²) in [5.74, 6) is -0.527. The number of carbonyl (C=O) groups excluding carboxylic acids is 1. The third-order valence-electron chi connectivity index (χ3n) is 4.61. The van der Waals surface area contributed by atoms with Crippen molar-refractivity contribution in [2.24, 2.45) is 22.6 Å². The van der Waals surface area contributed by atoms with Crippen LogP contribution in [0.15, 0.2) is 34.6 Å². The van der Waals surface area contributed by atoms with Gasteiger partial charge < -0.3 is 20.5 Å². The number of aldehydes is 1. The SMILES string of the molecule is CC.CN(C)C(N)=NC(c1cc(-c2ccc(F)c(O)c2)cs1)C(C=O)C1CC1. The zero-order valence-corrected chi connectivity index (χ0v) is 17.5. The second kappa shape index (κ2) is 9.68. The lowest BCUT2D eigenvalue weighted by molar-refractivity contribution is -0.112. The molecule has 2 unspecified atom stereocenters. The quantitative estimate of drug-likeness (QED) is 0.423. The third kappa shape index (κ3) is 5.10. The van der Waals surface area contributed by atoms with E-state index < -0.39 is 5.82 Å². The predicted octanol–water partition coefficient (Wildman–Crippen LogP) is 4.43. The first-order valence-corrected chi connectivity index (χ1v) is 10.3. The van der Waals surface area contributed by atoms with Gasteiger partial charge in [-0.25, -0.2) is 9.38 Å². The first-order valence-electron chi connectivity index (χ1n) is 9.44. The van der Waals surface area contributed by atoms with Crippen molar-refractivity contribution in [1.29, 1.82) is 0 Å². The smallest absolute Gasteiger partial charge is 0.191 e. The number of nitrogens with two attached hydrogens (primary N) is 1. The Hall–Kier alpha value is -2.41. The Morgan fingerprint density at radius 2 is 2.00 bits per heavy atom. The number of phenolic OH excluding ortho intramolecular Hbond substituents is 1. The molecule has 1 aliphatic rings. The first-order chi connectivity index (χ1) is 13.4. The van der Waals surface area contributed by atoms with Crippen molar-refractivity contribution in [2.75, 3.05) is 14.1 Å². The molecule has 0 radical (unpaired) electrons. The maximum atomic E-state index is 13.3. The van der Waals surface area contributed by atoms with E-state index in [2.05, 4.69) is 4.99 Å². The molecule has 3 N–H and O–H groups in total. The molecule has 1 aliphatic carbocycles. The van der Waals surface area contributed by atoms with Crippen molar-refractivity contribution < 1.29 is 14.3 Å². The minimum atomic E-state index is -0.653. The van der Waals surface area contributed by atoms with Gasteiger partial charge in [-0.3, -0.25) is 0 Å². The fourth-order valence-electron chi connectivity index (χ4n) is 2.87. The summed E-state index contributed by atoms with van der Waals surface area (Å²) in [6.45, 7) is 4.00. The normalized spacial score (nSPS) is 16.0. The number of hydrogen-bond donors (Lipinski definition) is 2. The van der Waals surface area contributed by atoms with Crippen molar-refractivity contribution in [1.82, 2.24) is 4.90 Å². The van der Waals surface area contributed by atoms with Gasteiger partial charge in [0.15, 0.2) is 17.5 Å². The molecule has 0 saturated heterocycles. The molecule has 1 saturated carbocycles. The van der Waals surface area contributed by atoms with Gasteiger partial charge >= 0.3 is 0 Å². The van der Waals surface area contributed by atoms with Crippen LogP contribution in [0.25, 0.3) is 11.1 Å². The molecular weight excluding hydrogens is 377 g/mol. The molecule has 2 aromatic rings. The minimum Gasteiger partial charge on any atom is -0.505 e. The molecule has 1 fully saturated rings. The van der Waals surface area contributed by atoms with Crippen molar-refractivity contribution >= 4 is 23.6 Å². The van der Waals surface area contributed by atoms with Gasteiger partial charge in [0.05, 0.1) is 6.04 Å². The highest BCUT2D eigenvalue weighted by Crippen LogP contribution is 2.45. The molecule has 152 valence electrons. The summed E-state index contributed by atoms with van der Waals surface area (Å²) in [6, 6.07) is 5.85. The molecule has 0 bridgehead atoms. The monoisotopic (exact) mass is 405 g/mol. The Morgan fingerprint density at radius 3 is 2.54 bits per heavy atom. The van der Waals surface area contributed by atoms with E-state index in [1.807, 2.05) is 39.4 Å². The Bertz CT molecular complexity index is 831. The number of nitrogens with zero attached hydrogens (tertiary/aromatic N) is 2. The number of aromatic hydroxyl groups is 1. The number of halogens is 1. The number of thiophene rings is 1. The lowest BCUT2D eigenvalue weighted by Gasteiger charge is -2.20. The van der Waals surface area contributed by atoms with Gasteiger partial charge in [-0.1, -0.05) is 19.9 Å². The first kappa shape index (κ1) is 21.9. The zero-order valence-electron chi connectivity index (χ0n) is 16.7. The largest absolute Gasteiger partial charge is 0.505 e.